The van der Waals surface area contributed by atoms with E-state index in [9.17, 15) is 40.6 Å². The van der Waals surface area contributed by atoms with E-state index < -0.39 is 55.8 Å². The molecule has 4 aromatic rings. The monoisotopic (exact) mass is 800 g/mol. The third-order valence-electron chi connectivity index (χ3n) is 9.29. The minimum absolute atomic E-state index is 0.0505. The highest BCUT2D eigenvalue weighted by Gasteiger charge is 2.55. The van der Waals surface area contributed by atoms with Crippen LogP contribution < -0.4 is 0 Å². The summed E-state index contributed by atoms with van der Waals surface area (Å²) in [5.41, 5.74) is 0.229. The molecule has 2 aliphatic rings. The number of Topliss-reactive ketones (excluding diaryl/α,β-unsaturated/α-hetero) is 1. The van der Waals surface area contributed by atoms with E-state index >= 15 is 0 Å². The molecule has 4 atom stereocenters. The van der Waals surface area contributed by atoms with Crippen molar-refractivity contribution in [2.24, 2.45) is 5.41 Å². The quantitative estimate of drug-likeness (QED) is 0.0697. The summed E-state index contributed by atoms with van der Waals surface area (Å²) >= 11 is 2.21. The van der Waals surface area contributed by atoms with E-state index in [0.29, 0.717) is 5.57 Å². The predicted molar refractivity (Wildman–Crippen MR) is 174 cm³/mol. The Balaban J connectivity index is 1.43. The van der Waals surface area contributed by atoms with Crippen molar-refractivity contribution in [1.82, 2.24) is 9.55 Å². The molecule has 0 saturated heterocycles. The summed E-state index contributed by atoms with van der Waals surface area (Å²) in [7, 11) is -1.01. The maximum Gasteiger partial charge on any atom is 0.416 e. The van der Waals surface area contributed by atoms with E-state index in [4.69, 9.17) is 0 Å². The maximum atomic E-state index is 14.5. The normalized spacial score (nSPS) is 21.5. The van der Waals surface area contributed by atoms with Gasteiger partial charge < -0.3 is 4.57 Å². The highest BCUT2D eigenvalue weighted by Crippen LogP contribution is 2.52. The number of hydroxylamine groups is 2. The number of alkyl halides is 6. The van der Waals surface area contributed by atoms with Crippen molar-refractivity contribution in [3.63, 3.8) is 0 Å². The molecular weight excluding hydrogens is 771 g/mol. The number of carbonyl (C=O) groups excluding carboxylic acids is 1. The number of rotatable bonds is 6. The lowest BCUT2D eigenvalue weighted by molar-refractivity contribution is -1.00. The molecule has 6 nitrogen and oxygen atoms in total. The molecule has 1 fully saturated rings. The Bertz CT molecular complexity index is 1950. The number of hydrogen-bond donors (Lipinski definition) is 1. The Kier molecular flexibility index (Phi) is 8.78. The fourth-order valence-electron chi connectivity index (χ4n) is 6.85. The van der Waals surface area contributed by atoms with Gasteiger partial charge in [-0.15, -0.1) is 0 Å². The van der Waals surface area contributed by atoms with Crippen LogP contribution in [0, 0.1) is 15.9 Å². The van der Waals surface area contributed by atoms with E-state index in [0.717, 1.165) is 68.8 Å². The molecule has 2 aliphatic carbocycles. The van der Waals surface area contributed by atoms with Crippen LogP contribution in [0.2, 0.25) is 0 Å². The van der Waals surface area contributed by atoms with E-state index in [1.807, 2.05) is 47.9 Å². The van der Waals surface area contributed by atoms with Gasteiger partial charge in [0.05, 0.1) is 21.4 Å². The fourth-order valence-corrected chi connectivity index (χ4v) is 8.46. The van der Waals surface area contributed by atoms with Crippen molar-refractivity contribution in [2.75, 3.05) is 7.05 Å². The van der Waals surface area contributed by atoms with Gasteiger partial charge in [0, 0.05) is 39.7 Å². The van der Waals surface area contributed by atoms with Crippen LogP contribution in [0.1, 0.15) is 57.8 Å². The van der Waals surface area contributed by atoms with Crippen LogP contribution in [0.3, 0.4) is 0 Å². The first-order valence-electron chi connectivity index (χ1n) is 14.9. The van der Waals surface area contributed by atoms with Gasteiger partial charge in [-0.25, -0.2) is 5.21 Å². The number of halogens is 7. The number of allylic oxidation sites excluding steroid dienone is 1. The number of aryl methyl sites for hydroxylation is 1. The Morgan fingerprint density at radius 1 is 1.00 bits per heavy atom. The van der Waals surface area contributed by atoms with Gasteiger partial charge in [0.1, 0.15) is 18.8 Å². The SMILES string of the molecule is Cc1cc2c(n1-c1ccc(I)cc1)C=C1CCC([N+](C)(O)S(=O)c3ccc(C(F)(F)F)cc3)CC1(C(=O)c1cc(C(F)(F)F)ccn1)C2. The molecule has 0 amide bonds. The second-order valence-electron chi connectivity index (χ2n) is 12.3. The topological polar surface area (TPSA) is 72.2 Å². The van der Waals surface area contributed by atoms with Crippen molar-refractivity contribution < 1.29 is 44.6 Å². The first-order valence-corrected chi connectivity index (χ1v) is 17.1. The van der Waals surface area contributed by atoms with Crippen molar-refractivity contribution in [3.8, 4) is 5.69 Å². The third kappa shape index (κ3) is 6.16. The molecule has 2 aromatic heterocycles. The first-order chi connectivity index (χ1) is 22.4. The van der Waals surface area contributed by atoms with Crippen LogP contribution in [-0.2, 0) is 29.8 Å². The number of fused-ring (bicyclic) bond motifs is 2. The van der Waals surface area contributed by atoms with Gasteiger partial charge in [-0.2, -0.15) is 30.6 Å². The molecule has 6 rings (SSSR count). The van der Waals surface area contributed by atoms with Crippen molar-refractivity contribution in [2.45, 2.75) is 55.9 Å². The lowest BCUT2D eigenvalue weighted by atomic mass is 9.60. The van der Waals surface area contributed by atoms with Crippen LogP contribution in [-0.4, -0.2) is 41.9 Å². The van der Waals surface area contributed by atoms with E-state index in [1.54, 1.807) is 0 Å². The van der Waals surface area contributed by atoms with E-state index in [2.05, 4.69) is 27.6 Å². The zero-order valence-electron chi connectivity index (χ0n) is 25.6. The minimum Gasteiger partial charge on any atom is -0.314 e. The molecule has 2 heterocycles. The van der Waals surface area contributed by atoms with Gasteiger partial charge in [-0.1, -0.05) is 9.62 Å². The van der Waals surface area contributed by atoms with E-state index in [-0.39, 0.29) is 36.3 Å². The molecule has 1 saturated carbocycles. The van der Waals surface area contributed by atoms with E-state index in [1.165, 1.54) is 7.05 Å². The predicted octanol–water partition coefficient (Wildman–Crippen LogP) is 8.74. The molecule has 0 aliphatic heterocycles. The lowest BCUT2D eigenvalue weighted by Gasteiger charge is -2.46. The van der Waals surface area contributed by atoms with Gasteiger partial charge >= 0.3 is 12.4 Å². The Labute approximate surface area is 288 Å². The number of carbonyl (C=O) groups is 1. The van der Waals surface area contributed by atoms with Gasteiger partial charge in [-0.05, 0) is 121 Å². The fraction of sp³-hybridized carbons (Fsp3) is 0.294. The van der Waals surface area contributed by atoms with Gasteiger partial charge in [0.2, 0.25) is 0 Å². The van der Waals surface area contributed by atoms with Crippen LogP contribution in [0.25, 0.3) is 11.8 Å². The third-order valence-corrected chi connectivity index (χ3v) is 11.7. The minimum atomic E-state index is -4.72. The molecule has 4 unspecified atom stereocenters. The number of aromatic nitrogens is 2. The van der Waals surface area contributed by atoms with Gasteiger partial charge in [-0.3, -0.25) is 9.78 Å². The van der Waals surface area contributed by atoms with Crippen LogP contribution in [0.5, 0.6) is 0 Å². The van der Waals surface area contributed by atoms with Crippen LogP contribution in [0.4, 0.5) is 26.3 Å². The van der Waals surface area contributed by atoms with Crippen molar-refractivity contribution in [1.29, 1.82) is 0 Å². The molecule has 0 bridgehead atoms. The lowest BCUT2D eigenvalue weighted by Crippen LogP contribution is -2.56. The highest BCUT2D eigenvalue weighted by molar-refractivity contribution is 14.1. The number of quaternary nitrogens is 1. The Morgan fingerprint density at radius 2 is 1.65 bits per heavy atom. The summed E-state index contributed by atoms with van der Waals surface area (Å²) in [6, 6.07) is 14.1. The zero-order valence-corrected chi connectivity index (χ0v) is 28.5. The first kappa shape index (κ1) is 34.5. The number of nitrogens with zero attached hydrogens (tertiary/aromatic N) is 3. The molecule has 48 heavy (non-hydrogen) atoms. The highest BCUT2D eigenvalue weighted by atomic mass is 127. The summed E-state index contributed by atoms with van der Waals surface area (Å²) in [4.78, 5) is 18.5. The molecule has 252 valence electrons. The van der Waals surface area contributed by atoms with Gasteiger partial charge in [0.15, 0.2) is 5.78 Å². The number of hydrogen-bond acceptors (Lipinski definition) is 4. The standard InChI is InChI=1S/C34H29F6IN3O3S/c1-20-15-21-18-32(31(45)29-16-24(13-14-42-29)34(38,39)40)19-27(44(2,46)48(47)28-11-4-22(5-12-28)33(35,36)37)10-3-23(32)17-30(21)43(20)26-8-6-25(41)7-9-26/h4-9,11-17,27,46H,3,10,18-19H2,1-2H3/q+1. The molecule has 1 N–H and O–H groups in total. The molecule has 2 aromatic carbocycles. The maximum absolute atomic E-state index is 14.5. The summed E-state index contributed by atoms with van der Waals surface area (Å²) in [6.45, 7) is 1.92. The summed E-state index contributed by atoms with van der Waals surface area (Å²) in [6.07, 6.45) is -6.02. The molecule has 14 heteroatoms. The smallest absolute Gasteiger partial charge is 0.314 e. The average Bonchev–Trinajstić information content (AvgIpc) is 3.36. The number of pyridine rings is 1. The van der Waals surface area contributed by atoms with Crippen molar-refractivity contribution >= 4 is 45.4 Å². The molecular formula is C34H29F6IN3O3S+. The summed E-state index contributed by atoms with van der Waals surface area (Å²) < 4.78 is 96.3. The molecule has 0 radical (unpaired) electrons. The average molecular weight is 801 g/mol. The molecule has 0 spiro atoms. The number of benzene rings is 2. The number of ketones is 1. The Morgan fingerprint density at radius 3 is 2.27 bits per heavy atom. The summed E-state index contributed by atoms with van der Waals surface area (Å²) in [5, 5.41) is 11.7. The summed E-state index contributed by atoms with van der Waals surface area (Å²) in [5.74, 6) is -0.657. The largest absolute Gasteiger partial charge is 0.416 e. The second kappa shape index (κ2) is 12.2. The zero-order chi connectivity index (χ0) is 34.8. The van der Waals surface area contributed by atoms with Crippen LogP contribution >= 0.6 is 22.6 Å². The second-order valence-corrected chi connectivity index (χ2v) is 15.3. The van der Waals surface area contributed by atoms with Crippen molar-refractivity contribution in [3.05, 3.63) is 116 Å². The van der Waals surface area contributed by atoms with Gasteiger partial charge in [0.25, 0.3) is 11.0 Å². The Hall–Kier alpha value is -3.34. The van der Waals surface area contributed by atoms with Crippen LogP contribution in [0.15, 0.2) is 83.4 Å².